The Kier molecular flexibility index (Phi) is 4.54. The average Bonchev–Trinajstić information content (AvgIpc) is 3.35. The highest BCUT2D eigenvalue weighted by Crippen LogP contribution is 2.32. The molecule has 1 aliphatic rings. The highest BCUT2D eigenvalue weighted by Gasteiger charge is 2.22. The lowest BCUT2D eigenvalue weighted by molar-refractivity contribution is 0.100. The van der Waals surface area contributed by atoms with Crippen molar-refractivity contribution in [3.05, 3.63) is 76.9 Å². The minimum atomic E-state index is -0.473. The van der Waals surface area contributed by atoms with E-state index in [9.17, 15) is 9.18 Å². The SMILES string of the molecule is Cc1cc2c(C(N)=O)cccc2n1-c1nc2c(c(NCc3cccc(F)c3)n1)NCC2. The van der Waals surface area contributed by atoms with Crippen molar-refractivity contribution in [1.29, 1.82) is 0 Å². The van der Waals surface area contributed by atoms with Crippen LogP contribution in [-0.2, 0) is 13.0 Å². The number of halogens is 1. The largest absolute Gasteiger partial charge is 0.380 e. The lowest BCUT2D eigenvalue weighted by Crippen LogP contribution is -2.12. The molecule has 0 fully saturated rings. The van der Waals surface area contributed by atoms with E-state index in [2.05, 4.69) is 10.6 Å². The van der Waals surface area contributed by atoms with E-state index in [4.69, 9.17) is 15.7 Å². The summed E-state index contributed by atoms with van der Waals surface area (Å²) in [7, 11) is 0. The number of benzene rings is 2. The molecule has 4 N–H and O–H groups in total. The van der Waals surface area contributed by atoms with E-state index in [1.807, 2.05) is 29.7 Å². The summed E-state index contributed by atoms with van der Waals surface area (Å²) >= 11 is 0. The van der Waals surface area contributed by atoms with Gasteiger partial charge in [0.15, 0.2) is 5.82 Å². The second-order valence-corrected chi connectivity index (χ2v) is 7.58. The van der Waals surface area contributed by atoms with Gasteiger partial charge in [0, 0.05) is 36.2 Å². The normalized spacial score (nSPS) is 12.6. The number of carbonyl (C=O) groups excluding carboxylic acids is 1. The predicted molar refractivity (Wildman–Crippen MR) is 118 cm³/mol. The van der Waals surface area contributed by atoms with Crippen LogP contribution in [0.2, 0.25) is 0 Å². The summed E-state index contributed by atoms with van der Waals surface area (Å²) in [5.41, 5.74) is 10.3. The number of aryl methyl sites for hydroxylation is 1. The van der Waals surface area contributed by atoms with Crippen LogP contribution in [0.4, 0.5) is 15.9 Å². The lowest BCUT2D eigenvalue weighted by atomic mass is 10.1. The number of nitrogens with zero attached hydrogens (tertiary/aromatic N) is 3. The molecule has 156 valence electrons. The molecule has 0 spiro atoms. The van der Waals surface area contributed by atoms with Gasteiger partial charge in [0.2, 0.25) is 11.9 Å². The average molecular weight is 416 g/mol. The van der Waals surface area contributed by atoms with E-state index in [1.54, 1.807) is 18.2 Å². The molecule has 0 saturated carbocycles. The monoisotopic (exact) mass is 416 g/mol. The summed E-state index contributed by atoms with van der Waals surface area (Å²) in [6.45, 7) is 3.15. The molecule has 31 heavy (non-hydrogen) atoms. The summed E-state index contributed by atoms with van der Waals surface area (Å²) in [5, 5.41) is 7.42. The summed E-state index contributed by atoms with van der Waals surface area (Å²) in [5.74, 6) is 0.428. The molecular weight excluding hydrogens is 395 g/mol. The quantitative estimate of drug-likeness (QED) is 0.462. The standard InChI is InChI=1S/C23H21FN6O/c1-13-10-17-16(21(25)31)6-3-7-19(17)30(13)23-28-18-8-9-26-20(18)22(29-23)27-12-14-4-2-5-15(24)11-14/h2-7,10-11,26H,8-9,12H2,1H3,(H2,25,31)(H,27,28,29). The highest BCUT2D eigenvalue weighted by molar-refractivity contribution is 6.06. The molecule has 2 aromatic carbocycles. The van der Waals surface area contributed by atoms with E-state index in [0.717, 1.165) is 46.5 Å². The molecule has 0 saturated heterocycles. The van der Waals surface area contributed by atoms with Crippen LogP contribution < -0.4 is 16.4 Å². The van der Waals surface area contributed by atoms with Crippen molar-refractivity contribution in [3.8, 4) is 5.95 Å². The second-order valence-electron chi connectivity index (χ2n) is 7.58. The first-order chi connectivity index (χ1) is 15.0. The van der Waals surface area contributed by atoms with E-state index < -0.39 is 5.91 Å². The van der Waals surface area contributed by atoms with Crippen molar-refractivity contribution in [2.24, 2.45) is 5.73 Å². The third kappa shape index (κ3) is 3.35. The van der Waals surface area contributed by atoms with Gasteiger partial charge in [-0.3, -0.25) is 9.36 Å². The number of aromatic nitrogens is 3. The Morgan fingerprint density at radius 1 is 1.23 bits per heavy atom. The van der Waals surface area contributed by atoms with Gasteiger partial charge in [-0.1, -0.05) is 18.2 Å². The van der Waals surface area contributed by atoms with Crippen LogP contribution in [0.5, 0.6) is 0 Å². The molecule has 3 heterocycles. The molecular formula is C23H21FN6O. The van der Waals surface area contributed by atoms with Crippen LogP contribution in [0.25, 0.3) is 16.9 Å². The number of hydrogen-bond acceptors (Lipinski definition) is 5. The Hall–Kier alpha value is -3.94. The second kappa shape index (κ2) is 7.39. The van der Waals surface area contributed by atoms with E-state index in [0.29, 0.717) is 23.9 Å². The van der Waals surface area contributed by atoms with Crippen molar-refractivity contribution in [1.82, 2.24) is 14.5 Å². The lowest BCUT2D eigenvalue weighted by Gasteiger charge is -2.14. The van der Waals surface area contributed by atoms with E-state index in [-0.39, 0.29) is 5.82 Å². The van der Waals surface area contributed by atoms with Gasteiger partial charge in [-0.2, -0.15) is 4.98 Å². The van der Waals surface area contributed by atoms with Crippen LogP contribution in [0.1, 0.15) is 27.3 Å². The molecule has 0 unspecified atom stereocenters. The van der Waals surface area contributed by atoms with Gasteiger partial charge in [0.1, 0.15) is 5.82 Å². The number of carbonyl (C=O) groups is 1. The first-order valence-electron chi connectivity index (χ1n) is 10.1. The first kappa shape index (κ1) is 19.0. The van der Waals surface area contributed by atoms with Crippen LogP contribution in [0.3, 0.4) is 0 Å². The Morgan fingerprint density at radius 2 is 2.06 bits per heavy atom. The number of fused-ring (bicyclic) bond motifs is 2. The number of nitrogens with one attached hydrogen (secondary N) is 2. The van der Waals surface area contributed by atoms with Crippen molar-refractivity contribution >= 4 is 28.3 Å². The zero-order chi connectivity index (χ0) is 21.5. The smallest absolute Gasteiger partial charge is 0.249 e. The van der Waals surface area contributed by atoms with Crippen LogP contribution in [0.15, 0.2) is 48.5 Å². The Labute approximate surface area is 178 Å². The Bertz CT molecular complexity index is 1330. The number of amides is 1. The number of anilines is 2. The third-order valence-corrected chi connectivity index (χ3v) is 5.48. The van der Waals surface area contributed by atoms with Crippen LogP contribution >= 0.6 is 0 Å². The van der Waals surface area contributed by atoms with Gasteiger partial charge in [0.25, 0.3) is 0 Å². The number of rotatable bonds is 5. The summed E-state index contributed by atoms with van der Waals surface area (Å²) < 4.78 is 15.5. The molecule has 0 radical (unpaired) electrons. The highest BCUT2D eigenvalue weighted by atomic mass is 19.1. The minimum absolute atomic E-state index is 0.272. The number of primary amides is 1. The van der Waals surface area contributed by atoms with Crippen molar-refractivity contribution in [3.63, 3.8) is 0 Å². The van der Waals surface area contributed by atoms with Crippen molar-refractivity contribution < 1.29 is 9.18 Å². The number of hydrogen-bond donors (Lipinski definition) is 3. The molecule has 0 aliphatic carbocycles. The summed E-state index contributed by atoms with van der Waals surface area (Å²) in [6, 6.07) is 13.8. The zero-order valence-electron chi connectivity index (χ0n) is 16.9. The van der Waals surface area contributed by atoms with Crippen LogP contribution in [-0.4, -0.2) is 27.0 Å². The molecule has 4 aromatic rings. The maximum absolute atomic E-state index is 13.5. The Morgan fingerprint density at radius 3 is 2.87 bits per heavy atom. The molecule has 1 amide bonds. The maximum Gasteiger partial charge on any atom is 0.249 e. The van der Waals surface area contributed by atoms with Crippen LogP contribution in [0, 0.1) is 12.7 Å². The van der Waals surface area contributed by atoms with Gasteiger partial charge in [-0.05, 0) is 42.8 Å². The van der Waals surface area contributed by atoms with E-state index in [1.165, 1.54) is 12.1 Å². The molecule has 0 bridgehead atoms. The molecule has 7 nitrogen and oxygen atoms in total. The topological polar surface area (TPSA) is 97.9 Å². The summed E-state index contributed by atoms with van der Waals surface area (Å²) in [6.07, 6.45) is 0.782. The minimum Gasteiger partial charge on any atom is -0.380 e. The van der Waals surface area contributed by atoms with E-state index >= 15 is 0 Å². The zero-order valence-corrected chi connectivity index (χ0v) is 16.9. The van der Waals surface area contributed by atoms with Gasteiger partial charge < -0.3 is 16.4 Å². The molecule has 0 atom stereocenters. The van der Waals surface area contributed by atoms with Gasteiger partial charge >= 0.3 is 0 Å². The predicted octanol–water partition coefficient (Wildman–Crippen LogP) is 3.55. The maximum atomic E-state index is 13.5. The Balaban J connectivity index is 1.60. The summed E-state index contributed by atoms with van der Waals surface area (Å²) in [4.78, 5) is 21.4. The molecule has 1 aliphatic heterocycles. The number of nitrogens with two attached hydrogens (primary N) is 1. The fraction of sp³-hybridized carbons (Fsp3) is 0.174. The molecule has 8 heteroatoms. The fourth-order valence-corrected chi connectivity index (χ4v) is 4.07. The molecule has 2 aromatic heterocycles. The van der Waals surface area contributed by atoms with Crippen molar-refractivity contribution in [2.45, 2.75) is 19.9 Å². The van der Waals surface area contributed by atoms with Crippen molar-refractivity contribution in [2.75, 3.05) is 17.2 Å². The van der Waals surface area contributed by atoms with Gasteiger partial charge in [0.05, 0.1) is 16.9 Å². The fourth-order valence-electron chi connectivity index (χ4n) is 4.07. The van der Waals surface area contributed by atoms with Gasteiger partial charge in [-0.25, -0.2) is 9.37 Å². The van der Waals surface area contributed by atoms with Gasteiger partial charge in [-0.15, -0.1) is 0 Å². The third-order valence-electron chi connectivity index (χ3n) is 5.48. The first-order valence-corrected chi connectivity index (χ1v) is 10.1. The molecule has 5 rings (SSSR count).